The number of ether oxygens (including phenoxy) is 1. The minimum Gasteiger partial charge on any atom is -0.385 e. The molecule has 3 heterocycles. The van der Waals surface area contributed by atoms with Crippen LogP contribution in [0.4, 0.5) is 0 Å². The molecule has 0 spiro atoms. The Morgan fingerprint density at radius 3 is 3.08 bits per heavy atom. The third-order valence-corrected chi connectivity index (χ3v) is 4.67. The van der Waals surface area contributed by atoms with Crippen molar-refractivity contribution in [2.45, 2.75) is 19.0 Å². The van der Waals surface area contributed by atoms with Crippen molar-refractivity contribution in [2.24, 2.45) is 0 Å². The van der Waals surface area contributed by atoms with Gasteiger partial charge >= 0.3 is 0 Å². The molecule has 128 valence electrons. The molecule has 6 heteroatoms. The minimum absolute atomic E-state index is 0.0422. The van der Waals surface area contributed by atoms with Crippen molar-refractivity contribution in [2.75, 3.05) is 20.3 Å². The van der Waals surface area contributed by atoms with E-state index in [0.29, 0.717) is 25.3 Å². The summed E-state index contributed by atoms with van der Waals surface area (Å²) in [7, 11) is 1.69. The second-order valence-corrected chi connectivity index (χ2v) is 6.30. The predicted molar refractivity (Wildman–Crippen MR) is 94.2 cm³/mol. The lowest BCUT2D eigenvalue weighted by atomic mass is 10.1. The maximum absolute atomic E-state index is 13.0. The number of benzene rings is 1. The van der Waals surface area contributed by atoms with E-state index in [-0.39, 0.29) is 11.9 Å². The highest BCUT2D eigenvalue weighted by molar-refractivity contribution is 5.98. The van der Waals surface area contributed by atoms with Gasteiger partial charge in [0.25, 0.3) is 5.91 Å². The minimum atomic E-state index is 0.0422. The largest absolute Gasteiger partial charge is 0.385 e. The zero-order chi connectivity index (χ0) is 17.2. The monoisotopic (exact) mass is 336 g/mol. The third-order valence-electron chi connectivity index (χ3n) is 4.67. The van der Waals surface area contributed by atoms with E-state index in [2.05, 4.69) is 10.1 Å². The summed E-state index contributed by atoms with van der Waals surface area (Å²) < 4.78 is 7.23. The van der Waals surface area contributed by atoms with Crippen molar-refractivity contribution in [1.29, 1.82) is 0 Å². The molecule has 0 saturated heterocycles. The molecule has 4 rings (SSSR count). The Morgan fingerprint density at radius 2 is 2.20 bits per heavy atom. The van der Waals surface area contributed by atoms with E-state index in [0.717, 1.165) is 23.0 Å². The van der Waals surface area contributed by atoms with E-state index in [4.69, 9.17) is 4.74 Å². The summed E-state index contributed by atoms with van der Waals surface area (Å²) in [5.74, 6) is 0.0422. The van der Waals surface area contributed by atoms with Crippen molar-refractivity contribution >= 4 is 16.8 Å². The number of fused-ring (bicyclic) bond motifs is 2. The molecule has 1 aromatic carbocycles. The Morgan fingerprint density at radius 1 is 1.28 bits per heavy atom. The number of methoxy groups -OCH3 is 1. The number of rotatable bonds is 4. The van der Waals surface area contributed by atoms with Crippen LogP contribution in [0, 0.1) is 0 Å². The smallest absolute Gasteiger partial charge is 0.254 e. The summed E-state index contributed by atoms with van der Waals surface area (Å²) in [4.78, 5) is 19.2. The number of carbonyl (C=O) groups is 1. The van der Waals surface area contributed by atoms with Crippen LogP contribution in [0.15, 0.2) is 48.8 Å². The molecule has 0 radical (unpaired) electrons. The average molecular weight is 336 g/mol. The van der Waals surface area contributed by atoms with Gasteiger partial charge in [-0.1, -0.05) is 6.07 Å². The molecule has 25 heavy (non-hydrogen) atoms. The molecule has 1 aliphatic heterocycles. The van der Waals surface area contributed by atoms with Crippen molar-refractivity contribution in [3.05, 3.63) is 60.0 Å². The molecule has 2 aromatic heterocycles. The maximum Gasteiger partial charge on any atom is 0.254 e. The lowest BCUT2D eigenvalue weighted by Gasteiger charge is -2.34. The second-order valence-electron chi connectivity index (χ2n) is 6.30. The molecule has 1 amide bonds. The molecule has 0 N–H and O–H groups in total. The van der Waals surface area contributed by atoms with Gasteiger partial charge in [0.15, 0.2) is 0 Å². The van der Waals surface area contributed by atoms with E-state index < -0.39 is 0 Å². The molecule has 6 nitrogen and oxygen atoms in total. The highest BCUT2D eigenvalue weighted by atomic mass is 16.5. The first-order valence-electron chi connectivity index (χ1n) is 8.41. The van der Waals surface area contributed by atoms with Crippen molar-refractivity contribution < 1.29 is 9.53 Å². The van der Waals surface area contributed by atoms with Crippen LogP contribution in [0.1, 0.15) is 28.5 Å². The predicted octanol–water partition coefficient (Wildman–Crippen LogP) is 2.66. The van der Waals surface area contributed by atoms with Crippen molar-refractivity contribution in [3.8, 4) is 0 Å². The molecular formula is C19H20N4O2. The molecule has 0 aliphatic carbocycles. The molecular weight excluding hydrogens is 316 g/mol. The first kappa shape index (κ1) is 15.8. The molecule has 0 bridgehead atoms. The lowest BCUT2D eigenvalue weighted by Crippen LogP contribution is -2.41. The van der Waals surface area contributed by atoms with Crippen molar-refractivity contribution in [1.82, 2.24) is 19.7 Å². The summed E-state index contributed by atoms with van der Waals surface area (Å²) in [6.45, 7) is 1.86. The fourth-order valence-corrected chi connectivity index (χ4v) is 3.40. The van der Waals surface area contributed by atoms with Gasteiger partial charge in [-0.25, -0.2) is 0 Å². The van der Waals surface area contributed by atoms with Crippen LogP contribution in [0.25, 0.3) is 10.9 Å². The standard InChI is InChI=1S/C19H20N4O2/c1-25-10-7-17-13-22(12-16-6-9-21-23(16)17)19(24)15-4-5-18-14(11-15)3-2-8-20-18/h2-6,8-9,11,17H,7,10,12-13H2,1H3/t17-/m1/s1. The fourth-order valence-electron chi connectivity index (χ4n) is 3.40. The molecule has 0 saturated carbocycles. The Bertz CT molecular complexity index is 905. The first-order chi connectivity index (χ1) is 12.3. The highest BCUT2D eigenvalue weighted by Crippen LogP contribution is 2.25. The second kappa shape index (κ2) is 6.64. The van der Waals surface area contributed by atoms with Crippen LogP contribution in [0.3, 0.4) is 0 Å². The van der Waals surface area contributed by atoms with Crippen molar-refractivity contribution in [3.63, 3.8) is 0 Å². The molecule has 0 fully saturated rings. The van der Waals surface area contributed by atoms with Gasteiger partial charge < -0.3 is 9.64 Å². The summed E-state index contributed by atoms with van der Waals surface area (Å²) in [6, 6.07) is 11.7. The van der Waals surface area contributed by atoms with Crippen LogP contribution < -0.4 is 0 Å². The van der Waals surface area contributed by atoms with Crippen LogP contribution in [-0.4, -0.2) is 45.8 Å². The van der Waals surface area contributed by atoms with Crippen LogP contribution in [-0.2, 0) is 11.3 Å². The Hall–Kier alpha value is -2.73. The number of hydrogen-bond acceptors (Lipinski definition) is 4. The quantitative estimate of drug-likeness (QED) is 0.735. The van der Waals surface area contributed by atoms with Gasteiger partial charge in [-0.3, -0.25) is 14.5 Å². The Kier molecular flexibility index (Phi) is 4.19. The molecule has 1 atom stereocenters. The number of pyridine rings is 1. The van der Waals surface area contributed by atoms with Crippen LogP contribution in [0.2, 0.25) is 0 Å². The van der Waals surface area contributed by atoms with Gasteiger partial charge in [0, 0.05) is 43.6 Å². The van der Waals surface area contributed by atoms with E-state index >= 15 is 0 Å². The topological polar surface area (TPSA) is 60.2 Å². The molecule has 1 aliphatic rings. The molecule has 3 aromatic rings. The number of carbonyl (C=O) groups excluding carboxylic acids is 1. The summed E-state index contributed by atoms with van der Waals surface area (Å²) in [6.07, 6.45) is 4.39. The fraction of sp³-hybridized carbons (Fsp3) is 0.316. The third kappa shape index (κ3) is 3.00. The van der Waals surface area contributed by atoms with Gasteiger partial charge in [0.05, 0.1) is 23.8 Å². The molecule has 0 unspecified atom stereocenters. The van der Waals surface area contributed by atoms with Gasteiger partial charge in [-0.2, -0.15) is 5.10 Å². The van der Waals surface area contributed by atoms with Crippen LogP contribution >= 0.6 is 0 Å². The average Bonchev–Trinajstić information content (AvgIpc) is 3.13. The van der Waals surface area contributed by atoms with E-state index in [9.17, 15) is 4.79 Å². The SMILES string of the molecule is COCC[C@@H]1CN(C(=O)c2ccc3ncccc3c2)Cc2ccnn21. The maximum atomic E-state index is 13.0. The summed E-state index contributed by atoms with van der Waals surface area (Å²) in [5.41, 5.74) is 2.65. The normalized spacial score (nSPS) is 16.8. The van der Waals surface area contributed by atoms with Gasteiger partial charge in [-0.15, -0.1) is 0 Å². The highest BCUT2D eigenvalue weighted by Gasteiger charge is 2.28. The number of aromatic nitrogens is 3. The van der Waals surface area contributed by atoms with E-state index in [1.54, 1.807) is 19.5 Å². The Balaban J connectivity index is 1.61. The van der Waals surface area contributed by atoms with Gasteiger partial charge in [-0.05, 0) is 36.8 Å². The lowest BCUT2D eigenvalue weighted by molar-refractivity contribution is 0.0641. The zero-order valence-corrected chi connectivity index (χ0v) is 14.1. The van der Waals surface area contributed by atoms with Gasteiger partial charge in [0.2, 0.25) is 0 Å². The van der Waals surface area contributed by atoms with E-state index in [1.807, 2.05) is 46.0 Å². The first-order valence-corrected chi connectivity index (χ1v) is 8.41. The van der Waals surface area contributed by atoms with Crippen LogP contribution in [0.5, 0.6) is 0 Å². The Labute approximate surface area is 146 Å². The summed E-state index contributed by atoms with van der Waals surface area (Å²) >= 11 is 0. The van der Waals surface area contributed by atoms with Gasteiger partial charge in [0.1, 0.15) is 0 Å². The number of amides is 1. The summed E-state index contributed by atoms with van der Waals surface area (Å²) in [5, 5.41) is 5.39. The number of nitrogens with zero attached hydrogens (tertiary/aromatic N) is 4. The van der Waals surface area contributed by atoms with E-state index in [1.165, 1.54) is 0 Å². The number of hydrogen-bond donors (Lipinski definition) is 0. The zero-order valence-electron chi connectivity index (χ0n) is 14.1.